The van der Waals surface area contributed by atoms with E-state index in [9.17, 15) is 9.90 Å². The zero-order valence-corrected chi connectivity index (χ0v) is 14.0. The molecule has 0 spiro atoms. The van der Waals surface area contributed by atoms with Crippen LogP contribution in [0.5, 0.6) is 5.75 Å². The minimum Gasteiger partial charge on any atom is -0.507 e. The van der Waals surface area contributed by atoms with Crippen molar-refractivity contribution in [2.24, 2.45) is 0 Å². The molecule has 2 aromatic heterocycles. The van der Waals surface area contributed by atoms with E-state index in [0.717, 1.165) is 5.52 Å². The number of aromatic nitrogens is 3. The Hall–Kier alpha value is -3.29. The topological polar surface area (TPSA) is 118 Å². The van der Waals surface area contributed by atoms with Crippen molar-refractivity contribution in [3.05, 3.63) is 36.5 Å². The van der Waals surface area contributed by atoms with Crippen LogP contribution in [0.15, 0.2) is 36.5 Å². The van der Waals surface area contributed by atoms with Gasteiger partial charge in [0.15, 0.2) is 0 Å². The van der Waals surface area contributed by atoms with Gasteiger partial charge in [0.05, 0.1) is 16.9 Å². The third-order valence-electron chi connectivity index (χ3n) is 4.91. The molecule has 4 N–H and O–H groups in total. The fraction of sp³-hybridized carbons (Fsp3) is 0.278. The van der Waals surface area contributed by atoms with Crippen molar-refractivity contribution in [1.29, 1.82) is 0 Å². The van der Waals surface area contributed by atoms with E-state index in [0.29, 0.717) is 48.4 Å². The van der Waals surface area contributed by atoms with Crippen LogP contribution in [0.3, 0.4) is 0 Å². The lowest BCUT2D eigenvalue weighted by Crippen LogP contribution is -2.38. The Labute approximate surface area is 149 Å². The number of para-hydroxylation sites is 1. The van der Waals surface area contributed by atoms with Gasteiger partial charge >= 0.3 is 6.09 Å². The number of piperidine rings is 1. The first-order valence-electron chi connectivity index (χ1n) is 8.44. The largest absolute Gasteiger partial charge is 0.507 e. The number of carboxylic acid groups (broad SMARTS) is 1. The van der Waals surface area contributed by atoms with E-state index in [4.69, 9.17) is 10.8 Å². The van der Waals surface area contributed by atoms with Gasteiger partial charge in [0.25, 0.3) is 0 Å². The molecule has 3 aromatic rings. The average Bonchev–Trinajstić information content (AvgIpc) is 2.98. The molecule has 0 unspecified atom stereocenters. The summed E-state index contributed by atoms with van der Waals surface area (Å²) in [4.78, 5) is 12.5. The Bertz CT molecular complexity index is 976. The fourth-order valence-electron chi connectivity index (χ4n) is 3.52. The molecule has 0 bridgehead atoms. The van der Waals surface area contributed by atoms with Crippen molar-refractivity contribution in [3.63, 3.8) is 0 Å². The number of rotatable bonds is 2. The van der Waals surface area contributed by atoms with Crippen molar-refractivity contribution in [3.8, 4) is 17.0 Å². The van der Waals surface area contributed by atoms with Crippen molar-refractivity contribution in [1.82, 2.24) is 19.7 Å². The van der Waals surface area contributed by atoms with E-state index in [-0.39, 0.29) is 11.8 Å². The number of aromatic hydroxyl groups is 1. The Balaban J connectivity index is 1.73. The number of anilines is 1. The molecule has 8 nitrogen and oxygen atoms in total. The van der Waals surface area contributed by atoms with Crippen LogP contribution < -0.4 is 5.73 Å². The van der Waals surface area contributed by atoms with Gasteiger partial charge in [-0.3, -0.25) is 0 Å². The molecule has 3 heterocycles. The molecule has 1 saturated heterocycles. The van der Waals surface area contributed by atoms with Crippen LogP contribution in [-0.4, -0.2) is 49.1 Å². The SMILES string of the molecule is Nc1cn(C2CCN(C(=O)O)CC2)c2cc(-c3ccccc3O)nnc12. The second-order valence-corrected chi connectivity index (χ2v) is 6.47. The van der Waals surface area contributed by atoms with Crippen LogP contribution in [0.4, 0.5) is 10.5 Å². The minimum absolute atomic E-state index is 0.141. The highest BCUT2D eigenvalue weighted by molar-refractivity contribution is 5.90. The number of carbonyl (C=O) groups is 1. The maximum atomic E-state index is 11.1. The predicted octanol–water partition coefficient (Wildman–Crippen LogP) is 2.70. The van der Waals surface area contributed by atoms with E-state index in [1.807, 2.05) is 18.3 Å². The first-order valence-corrected chi connectivity index (χ1v) is 8.44. The highest BCUT2D eigenvalue weighted by Gasteiger charge is 2.25. The number of nitrogen functional groups attached to an aromatic ring is 1. The van der Waals surface area contributed by atoms with E-state index in [2.05, 4.69) is 14.8 Å². The maximum Gasteiger partial charge on any atom is 0.407 e. The van der Waals surface area contributed by atoms with Crippen molar-refractivity contribution < 1.29 is 15.0 Å². The Kier molecular flexibility index (Phi) is 3.87. The number of phenols is 1. The number of phenolic OH excluding ortho intramolecular Hbond substituents is 1. The summed E-state index contributed by atoms with van der Waals surface area (Å²) in [6, 6.07) is 8.99. The molecule has 8 heteroatoms. The van der Waals surface area contributed by atoms with Crippen LogP contribution in [0.2, 0.25) is 0 Å². The highest BCUT2D eigenvalue weighted by Crippen LogP contribution is 2.33. The third-order valence-corrected chi connectivity index (χ3v) is 4.91. The summed E-state index contributed by atoms with van der Waals surface area (Å²) in [5.41, 5.74) is 9.27. The fourth-order valence-corrected chi connectivity index (χ4v) is 3.52. The number of fused-ring (bicyclic) bond motifs is 1. The highest BCUT2D eigenvalue weighted by atomic mass is 16.4. The summed E-state index contributed by atoms with van der Waals surface area (Å²) in [6.45, 7) is 0.981. The molecule has 1 fully saturated rings. The Morgan fingerprint density at radius 1 is 1.19 bits per heavy atom. The molecule has 1 aliphatic rings. The zero-order valence-electron chi connectivity index (χ0n) is 14.0. The maximum absolute atomic E-state index is 11.1. The van der Waals surface area contributed by atoms with E-state index in [1.165, 1.54) is 4.90 Å². The van der Waals surface area contributed by atoms with Gasteiger partial charge in [-0.25, -0.2) is 4.79 Å². The summed E-state index contributed by atoms with van der Waals surface area (Å²) >= 11 is 0. The van der Waals surface area contributed by atoms with Crippen LogP contribution in [0, 0.1) is 0 Å². The summed E-state index contributed by atoms with van der Waals surface area (Å²) in [6.07, 6.45) is 2.39. The zero-order chi connectivity index (χ0) is 18.3. The standard InChI is InChI=1S/C18H19N5O3/c19-13-10-23(11-5-7-22(8-6-11)18(25)26)15-9-14(20-21-17(13)15)12-3-1-2-4-16(12)24/h1-4,9-11,24H,5-8,19H2,(H,25,26). The molecule has 1 aliphatic heterocycles. The monoisotopic (exact) mass is 353 g/mol. The van der Waals surface area contributed by atoms with Crippen LogP contribution in [-0.2, 0) is 0 Å². The number of likely N-dealkylation sites (tertiary alicyclic amines) is 1. The molecule has 26 heavy (non-hydrogen) atoms. The third kappa shape index (κ3) is 2.69. The molecule has 1 amide bonds. The number of hydrogen-bond donors (Lipinski definition) is 3. The molecule has 4 rings (SSSR count). The van der Waals surface area contributed by atoms with Gasteiger partial charge in [-0.2, -0.15) is 0 Å². The van der Waals surface area contributed by atoms with Crippen LogP contribution in [0.1, 0.15) is 18.9 Å². The molecule has 0 atom stereocenters. The van der Waals surface area contributed by atoms with Crippen molar-refractivity contribution >= 4 is 22.8 Å². The van der Waals surface area contributed by atoms with Crippen molar-refractivity contribution in [2.75, 3.05) is 18.8 Å². The number of nitrogens with two attached hydrogens (primary N) is 1. The number of benzene rings is 1. The summed E-state index contributed by atoms with van der Waals surface area (Å²) in [5.74, 6) is 0.141. The second-order valence-electron chi connectivity index (χ2n) is 6.47. The predicted molar refractivity (Wildman–Crippen MR) is 96.9 cm³/mol. The first kappa shape index (κ1) is 16.2. The van der Waals surface area contributed by atoms with Gasteiger partial charge in [-0.1, -0.05) is 12.1 Å². The molecular formula is C18H19N5O3. The smallest absolute Gasteiger partial charge is 0.407 e. The quantitative estimate of drug-likeness (QED) is 0.652. The Morgan fingerprint density at radius 3 is 2.62 bits per heavy atom. The van der Waals surface area contributed by atoms with Crippen LogP contribution in [0.25, 0.3) is 22.3 Å². The second kappa shape index (κ2) is 6.21. The lowest BCUT2D eigenvalue weighted by atomic mass is 10.0. The first-order chi connectivity index (χ1) is 12.5. The summed E-state index contributed by atoms with van der Waals surface area (Å²) in [5, 5.41) is 27.6. The van der Waals surface area contributed by atoms with Gasteiger partial charge in [-0.15, -0.1) is 10.2 Å². The van der Waals surface area contributed by atoms with E-state index in [1.54, 1.807) is 18.2 Å². The van der Waals surface area contributed by atoms with Gasteiger partial charge in [0, 0.05) is 30.9 Å². The molecule has 0 saturated carbocycles. The summed E-state index contributed by atoms with van der Waals surface area (Å²) in [7, 11) is 0. The van der Waals surface area contributed by atoms with E-state index >= 15 is 0 Å². The van der Waals surface area contributed by atoms with Crippen molar-refractivity contribution in [2.45, 2.75) is 18.9 Å². The van der Waals surface area contributed by atoms with Gasteiger partial charge in [0.2, 0.25) is 0 Å². The number of amides is 1. The molecular weight excluding hydrogens is 334 g/mol. The van der Waals surface area contributed by atoms with Gasteiger partial charge in [0.1, 0.15) is 11.3 Å². The van der Waals surface area contributed by atoms with E-state index < -0.39 is 6.09 Å². The lowest BCUT2D eigenvalue weighted by Gasteiger charge is -2.31. The lowest BCUT2D eigenvalue weighted by molar-refractivity contribution is 0.126. The average molecular weight is 353 g/mol. The molecule has 1 aromatic carbocycles. The van der Waals surface area contributed by atoms with Crippen LogP contribution >= 0.6 is 0 Å². The molecule has 134 valence electrons. The van der Waals surface area contributed by atoms with Gasteiger partial charge in [-0.05, 0) is 31.0 Å². The number of nitrogens with zero attached hydrogens (tertiary/aromatic N) is 4. The Morgan fingerprint density at radius 2 is 1.92 bits per heavy atom. The molecule has 0 radical (unpaired) electrons. The minimum atomic E-state index is -0.881. The number of hydrogen-bond acceptors (Lipinski definition) is 5. The summed E-state index contributed by atoms with van der Waals surface area (Å²) < 4.78 is 2.06. The van der Waals surface area contributed by atoms with Gasteiger partial charge < -0.3 is 25.4 Å². The molecule has 0 aliphatic carbocycles. The normalized spacial score (nSPS) is 15.5.